The van der Waals surface area contributed by atoms with Crippen LogP contribution < -0.4 is 15.7 Å². The molecule has 1 aliphatic heterocycles. The molecule has 26 heavy (non-hydrogen) atoms. The second kappa shape index (κ2) is 6.48. The maximum Gasteiger partial charge on any atom is 0.339 e. The van der Waals surface area contributed by atoms with Crippen LogP contribution in [0.15, 0.2) is 21.3 Å². The van der Waals surface area contributed by atoms with Gasteiger partial charge in [-0.3, -0.25) is 9.69 Å². The fourth-order valence-corrected chi connectivity index (χ4v) is 3.71. The number of hydrogen-bond donors (Lipinski definition) is 1. The Morgan fingerprint density at radius 3 is 2.73 bits per heavy atom. The van der Waals surface area contributed by atoms with E-state index in [9.17, 15) is 14.4 Å². The predicted molar refractivity (Wildman–Crippen MR) is 94.5 cm³/mol. The Morgan fingerprint density at radius 2 is 2.00 bits per heavy atom. The Bertz CT molecular complexity index is 963. The Labute approximate surface area is 149 Å². The van der Waals surface area contributed by atoms with Gasteiger partial charge in [0.2, 0.25) is 0 Å². The number of carbonyl (C=O) groups is 2. The zero-order valence-electron chi connectivity index (χ0n) is 14.6. The van der Waals surface area contributed by atoms with Crippen LogP contribution in [0.25, 0.3) is 11.0 Å². The molecule has 1 aromatic carbocycles. The molecular formula is C19H20N2O5. The molecule has 2 aliphatic rings. The molecule has 0 saturated carbocycles. The molecule has 0 atom stereocenters. The minimum absolute atomic E-state index is 0.241. The first-order chi connectivity index (χ1) is 12.6. The Hall–Kier alpha value is -2.83. The van der Waals surface area contributed by atoms with Crippen molar-refractivity contribution in [3.63, 3.8) is 0 Å². The number of hydrogen-bond acceptors (Lipinski definition) is 5. The van der Waals surface area contributed by atoms with E-state index in [0.29, 0.717) is 30.0 Å². The molecule has 1 aliphatic carbocycles. The number of fused-ring (bicyclic) bond motifs is 3. The average Bonchev–Trinajstić information content (AvgIpc) is 3.08. The van der Waals surface area contributed by atoms with Gasteiger partial charge in [0.15, 0.2) is 6.61 Å². The van der Waals surface area contributed by atoms with Gasteiger partial charge in [0.25, 0.3) is 5.91 Å². The molecule has 7 heteroatoms. The van der Waals surface area contributed by atoms with E-state index in [1.54, 1.807) is 6.07 Å². The number of carbonyl (C=O) groups excluding carboxylic acids is 2. The quantitative estimate of drug-likeness (QED) is 0.849. The first kappa shape index (κ1) is 16.6. The number of urea groups is 1. The van der Waals surface area contributed by atoms with E-state index < -0.39 is 11.9 Å². The highest BCUT2D eigenvalue weighted by Gasteiger charge is 2.26. The van der Waals surface area contributed by atoms with Crippen molar-refractivity contribution in [3.8, 4) is 5.75 Å². The monoisotopic (exact) mass is 356 g/mol. The van der Waals surface area contributed by atoms with Crippen molar-refractivity contribution in [1.82, 2.24) is 10.2 Å². The Kier molecular flexibility index (Phi) is 4.14. The summed E-state index contributed by atoms with van der Waals surface area (Å²) in [5, 5.41) is 3.52. The van der Waals surface area contributed by atoms with Crippen molar-refractivity contribution in [2.24, 2.45) is 0 Å². The number of ether oxygens (including phenoxy) is 1. The minimum atomic E-state index is -0.397. The summed E-state index contributed by atoms with van der Waals surface area (Å²) in [5.41, 5.74) is 2.78. The molecule has 0 spiro atoms. The van der Waals surface area contributed by atoms with E-state index in [4.69, 9.17) is 9.15 Å². The zero-order chi connectivity index (χ0) is 18.3. The van der Waals surface area contributed by atoms with E-state index in [1.165, 1.54) is 0 Å². The molecule has 136 valence electrons. The van der Waals surface area contributed by atoms with Crippen molar-refractivity contribution in [2.45, 2.75) is 32.6 Å². The largest absolute Gasteiger partial charge is 0.483 e. The lowest BCUT2D eigenvalue weighted by atomic mass is 9.90. The third-order valence-electron chi connectivity index (χ3n) is 5.10. The summed E-state index contributed by atoms with van der Waals surface area (Å²) < 4.78 is 11.2. The average molecular weight is 356 g/mol. The molecule has 0 unspecified atom stereocenters. The molecule has 3 amide bonds. The van der Waals surface area contributed by atoms with Crippen LogP contribution in [0.1, 0.15) is 29.5 Å². The number of nitrogens with one attached hydrogen (secondary N) is 1. The van der Waals surface area contributed by atoms with Gasteiger partial charge in [0.05, 0.1) is 0 Å². The van der Waals surface area contributed by atoms with Crippen LogP contribution in [0, 0.1) is 6.92 Å². The van der Waals surface area contributed by atoms with Crippen molar-refractivity contribution >= 4 is 22.9 Å². The minimum Gasteiger partial charge on any atom is -0.483 e. The normalized spacial score (nSPS) is 16.5. The molecule has 1 saturated heterocycles. The number of aryl methyl sites for hydroxylation is 2. The van der Waals surface area contributed by atoms with Crippen LogP contribution in [0.2, 0.25) is 0 Å². The zero-order valence-corrected chi connectivity index (χ0v) is 14.6. The van der Waals surface area contributed by atoms with Crippen LogP contribution in [0.4, 0.5) is 4.79 Å². The first-order valence-electron chi connectivity index (χ1n) is 8.85. The van der Waals surface area contributed by atoms with Crippen LogP contribution in [0.3, 0.4) is 0 Å². The summed E-state index contributed by atoms with van der Waals surface area (Å²) in [7, 11) is 0. The predicted octanol–water partition coefficient (Wildman–Crippen LogP) is 1.91. The second-order valence-electron chi connectivity index (χ2n) is 6.69. The third-order valence-corrected chi connectivity index (χ3v) is 5.10. The lowest BCUT2D eigenvalue weighted by Gasteiger charge is -2.18. The highest BCUT2D eigenvalue weighted by Crippen LogP contribution is 2.32. The van der Waals surface area contributed by atoms with Gasteiger partial charge in [-0.15, -0.1) is 0 Å². The molecule has 7 nitrogen and oxygen atoms in total. The van der Waals surface area contributed by atoms with E-state index in [0.717, 1.165) is 47.1 Å². The molecule has 2 aromatic rings. The van der Waals surface area contributed by atoms with Crippen LogP contribution in [0.5, 0.6) is 5.75 Å². The maximum absolute atomic E-state index is 12.3. The van der Waals surface area contributed by atoms with E-state index in [1.807, 2.05) is 13.0 Å². The molecule has 1 N–H and O–H groups in total. The first-order valence-corrected chi connectivity index (χ1v) is 8.85. The molecule has 0 radical (unpaired) electrons. The van der Waals surface area contributed by atoms with Crippen LogP contribution >= 0.6 is 0 Å². The van der Waals surface area contributed by atoms with Gasteiger partial charge in [-0.1, -0.05) is 0 Å². The third kappa shape index (κ3) is 2.73. The standard InChI is InChI=1S/C19H20N2O5/c1-11-15(25-10-16(22)21-9-8-20-19(21)24)7-6-13-12-4-2-3-5-14(12)18(23)26-17(11)13/h6-7H,2-5,8-10H2,1H3,(H,20,24). The van der Waals surface area contributed by atoms with Crippen LogP contribution in [-0.2, 0) is 17.6 Å². The smallest absolute Gasteiger partial charge is 0.339 e. The molecular weight excluding hydrogens is 336 g/mol. The van der Waals surface area contributed by atoms with Crippen molar-refractivity contribution in [1.29, 1.82) is 0 Å². The summed E-state index contributed by atoms with van der Waals surface area (Å²) in [5.74, 6) is 0.0794. The van der Waals surface area contributed by atoms with Crippen molar-refractivity contribution in [3.05, 3.63) is 39.2 Å². The molecule has 2 heterocycles. The number of imide groups is 1. The van der Waals surface area contributed by atoms with Gasteiger partial charge in [0, 0.05) is 29.6 Å². The van der Waals surface area contributed by atoms with Crippen molar-refractivity contribution in [2.75, 3.05) is 19.7 Å². The number of nitrogens with zero attached hydrogens (tertiary/aromatic N) is 1. The second-order valence-corrected chi connectivity index (χ2v) is 6.69. The lowest BCUT2D eigenvalue weighted by Crippen LogP contribution is -2.37. The summed E-state index contributed by atoms with van der Waals surface area (Å²) >= 11 is 0. The lowest BCUT2D eigenvalue weighted by molar-refractivity contribution is -0.129. The highest BCUT2D eigenvalue weighted by atomic mass is 16.5. The van der Waals surface area contributed by atoms with Gasteiger partial charge < -0.3 is 14.5 Å². The summed E-state index contributed by atoms with van der Waals surface area (Å²) in [6, 6.07) is 3.29. The summed E-state index contributed by atoms with van der Waals surface area (Å²) in [4.78, 5) is 37.1. The topological polar surface area (TPSA) is 88.9 Å². The summed E-state index contributed by atoms with van der Waals surface area (Å²) in [6.07, 6.45) is 3.71. The SMILES string of the molecule is Cc1c(OCC(=O)N2CCNC2=O)ccc2c3c(c(=O)oc12)CCCC3. The summed E-state index contributed by atoms with van der Waals surface area (Å²) in [6.45, 7) is 2.37. The number of rotatable bonds is 3. The van der Waals surface area contributed by atoms with Crippen molar-refractivity contribution < 1.29 is 18.7 Å². The van der Waals surface area contributed by atoms with E-state index >= 15 is 0 Å². The van der Waals surface area contributed by atoms with Gasteiger partial charge in [0.1, 0.15) is 11.3 Å². The number of amides is 3. The van der Waals surface area contributed by atoms with Gasteiger partial charge in [-0.25, -0.2) is 9.59 Å². The van der Waals surface area contributed by atoms with Gasteiger partial charge in [-0.05, 0) is 50.3 Å². The van der Waals surface area contributed by atoms with Gasteiger partial charge in [-0.2, -0.15) is 0 Å². The highest BCUT2D eigenvalue weighted by molar-refractivity contribution is 5.96. The van der Waals surface area contributed by atoms with E-state index in [2.05, 4.69) is 5.32 Å². The Morgan fingerprint density at radius 1 is 1.23 bits per heavy atom. The fourth-order valence-electron chi connectivity index (χ4n) is 3.71. The van der Waals surface area contributed by atoms with Gasteiger partial charge >= 0.3 is 11.7 Å². The molecule has 0 bridgehead atoms. The molecule has 4 rings (SSSR count). The fraction of sp³-hybridized carbons (Fsp3) is 0.421. The maximum atomic E-state index is 12.3. The van der Waals surface area contributed by atoms with Crippen LogP contribution in [-0.4, -0.2) is 36.5 Å². The molecule has 1 fully saturated rings. The Balaban J connectivity index is 1.63. The molecule has 1 aromatic heterocycles. The number of benzene rings is 1. The van der Waals surface area contributed by atoms with E-state index in [-0.39, 0.29) is 12.2 Å².